The number of nitrogens with zero attached hydrogens (tertiary/aromatic N) is 3. The van der Waals surface area contributed by atoms with E-state index in [-0.39, 0.29) is 29.9 Å². The number of pyridine rings is 1. The molecule has 1 aromatic heterocycles. The van der Waals surface area contributed by atoms with Crippen molar-refractivity contribution in [2.24, 2.45) is 4.99 Å². The zero-order chi connectivity index (χ0) is 20.2. The number of hydrogen-bond donors (Lipinski definition) is 3. The number of carbonyl (C=O) groups is 1. The second-order valence-corrected chi connectivity index (χ2v) is 6.63. The van der Waals surface area contributed by atoms with E-state index in [1.54, 1.807) is 6.20 Å². The Kier molecular flexibility index (Phi) is 11.9. The lowest BCUT2D eigenvalue weighted by molar-refractivity contribution is 0.0951. The first kappa shape index (κ1) is 24.8. The molecular formula is C21H31IN6O. The molecular weight excluding hydrogens is 479 g/mol. The third-order valence-corrected chi connectivity index (χ3v) is 3.96. The Morgan fingerprint density at radius 1 is 1.10 bits per heavy atom. The van der Waals surface area contributed by atoms with Crippen LogP contribution in [0.2, 0.25) is 0 Å². The molecule has 0 atom stereocenters. The van der Waals surface area contributed by atoms with Gasteiger partial charge in [0.15, 0.2) is 5.96 Å². The minimum Gasteiger partial charge on any atom is -0.357 e. The van der Waals surface area contributed by atoms with Crippen LogP contribution in [0.4, 0.5) is 0 Å². The number of benzene rings is 1. The molecule has 0 spiro atoms. The maximum absolute atomic E-state index is 12.3. The topological polar surface area (TPSA) is 81.7 Å². The Balaban J connectivity index is 0.00000420. The summed E-state index contributed by atoms with van der Waals surface area (Å²) in [5.74, 6) is 0.654. The summed E-state index contributed by atoms with van der Waals surface area (Å²) in [5, 5.41) is 9.43. The van der Waals surface area contributed by atoms with Gasteiger partial charge in [-0.3, -0.25) is 9.78 Å². The SMILES string of the molecule is CCNC(=NCc1cccc(C(=O)NCCN(C)C)c1)NCc1ccccn1.I. The predicted molar refractivity (Wildman–Crippen MR) is 129 cm³/mol. The average molecular weight is 510 g/mol. The fraction of sp³-hybridized carbons (Fsp3) is 0.381. The molecule has 0 unspecified atom stereocenters. The quantitative estimate of drug-likeness (QED) is 0.274. The van der Waals surface area contributed by atoms with Crippen molar-refractivity contribution in [3.05, 3.63) is 65.5 Å². The molecule has 1 amide bonds. The molecule has 7 nitrogen and oxygen atoms in total. The van der Waals surface area contributed by atoms with Crippen molar-refractivity contribution in [3.63, 3.8) is 0 Å². The first-order valence-corrected chi connectivity index (χ1v) is 9.52. The van der Waals surface area contributed by atoms with Crippen molar-refractivity contribution in [1.82, 2.24) is 25.8 Å². The van der Waals surface area contributed by atoms with Crippen molar-refractivity contribution in [3.8, 4) is 0 Å². The van der Waals surface area contributed by atoms with Crippen LogP contribution in [0.25, 0.3) is 0 Å². The Bertz CT molecular complexity index is 767. The van der Waals surface area contributed by atoms with Gasteiger partial charge < -0.3 is 20.9 Å². The summed E-state index contributed by atoms with van der Waals surface area (Å²) in [6, 6.07) is 13.4. The van der Waals surface area contributed by atoms with Gasteiger partial charge in [0.05, 0.1) is 18.8 Å². The number of aliphatic imine (C=N–C) groups is 1. The molecule has 0 bridgehead atoms. The summed E-state index contributed by atoms with van der Waals surface area (Å²) in [6.45, 7) is 5.30. The van der Waals surface area contributed by atoms with E-state index in [2.05, 4.69) is 25.9 Å². The number of aromatic nitrogens is 1. The first-order valence-electron chi connectivity index (χ1n) is 9.52. The number of nitrogens with one attached hydrogen (secondary N) is 3. The molecule has 29 heavy (non-hydrogen) atoms. The van der Waals surface area contributed by atoms with Gasteiger partial charge >= 0.3 is 0 Å². The standard InChI is InChI=1S/C21H30N6O.HI/c1-4-22-21(26-16-19-10-5-6-11-23-19)25-15-17-8-7-9-18(14-17)20(28)24-12-13-27(2)3;/h5-11,14H,4,12-13,15-16H2,1-3H3,(H,24,28)(H2,22,25,26);1H. The van der Waals surface area contributed by atoms with Crippen LogP contribution in [0.5, 0.6) is 0 Å². The zero-order valence-electron chi connectivity index (χ0n) is 17.3. The highest BCUT2D eigenvalue weighted by atomic mass is 127. The number of amides is 1. The van der Waals surface area contributed by atoms with Crippen LogP contribution in [0, 0.1) is 0 Å². The van der Waals surface area contributed by atoms with Gasteiger partial charge in [0.2, 0.25) is 0 Å². The van der Waals surface area contributed by atoms with Crippen LogP contribution in [0.15, 0.2) is 53.7 Å². The lowest BCUT2D eigenvalue weighted by Gasteiger charge is -2.12. The van der Waals surface area contributed by atoms with Gasteiger partial charge in [-0.1, -0.05) is 18.2 Å². The monoisotopic (exact) mass is 510 g/mol. The summed E-state index contributed by atoms with van der Waals surface area (Å²) in [5.41, 5.74) is 2.58. The number of hydrogen-bond acceptors (Lipinski definition) is 4. The van der Waals surface area contributed by atoms with E-state index in [1.807, 2.05) is 68.4 Å². The van der Waals surface area contributed by atoms with Gasteiger partial charge in [-0.2, -0.15) is 0 Å². The lowest BCUT2D eigenvalue weighted by atomic mass is 10.1. The molecule has 0 radical (unpaired) electrons. The largest absolute Gasteiger partial charge is 0.357 e. The molecule has 0 saturated heterocycles. The molecule has 2 aromatic rings. The van der Waals surface area contributed by atoms with Crippen molar-refractivity contribution in [2.75, 3.05) is 33.7 Å². The van der Waals surface area contributed by atoms with Crippen LogP contribution in [0.3, 0.4) is 0 Å². The fourth-order valence-corrected chi connectivity index (χ4v) is 2.50. The first-order chi connectivity index (χ1) is 13.6. The van der Waals surface area contributed by atoms with E-state index in [1.165, 1.54) is 0 Å². The fourth-order valence-electron chi connectivity index (χ4n) is 2.50. The number of halogens is 1. The van der Waals surface area contributed by atoms with Crippen molar-refractivity contribution >= 4 is 35.8 Å². The molecule has 0 aliphatic rings. The van der Waals surface area contributed by atoms with E-state index in [0.29, 0.717) is 31.2 Å². The van der Waals surface area contributed by atoms with Crippen molar-refractivity contribution in [2.45, 2.75) is 20.0 Å². The highest BCUT2D eigenvalue weighted by molar-refractivity contribution is 14.0. The van der Waals surface area contributed by atoms with E-state index >= 15 is 0 Å². The van der Waals surface area contributed by atoms with Gasteiger partial charge in [-0.25, -0.2) is 4.99 Å². The molecule has 0 aliphatic heterocycles. The smallest absolute Gasteiger partial charge is 0.251 e. The zero-order valence-corrected chi connectivity index (χ0v) is 19.6. The van der Waals surface area contributed by atoms with Crippen LogP contribution in [-0.2, 0) is 13.1 Å². The summed E-state index contributed by atoms with van der Waals surface area (Å²) in [6.07, 6.45) is 1.77. The third-order valence-electron chi connectivity index (χ3n) is 3.96. The Hall–Kier alpha value is -2.20. The maximum Gasteiger partial charge on any atom is 0.251 e. The van der Waals surface area contributed by atoms with E-state index < -0.39 is 0 Å². The van der Waals surface area contributed by atoms with Gasteiger partial charge in [0.25, 0.3) is 5.91 Å². The molecule has 0 aliphatic carbocycles. The molecule has 8 heteroatoms. The normalized spacial score (nSPS) is 11.0. The maximum atomic E-state index is 12.3. The second-order valence-electron chi connectivity index (χ2n) is 6.63. The van der Waals surface area contributed by atoms with E-state index in [4.69, 9.17) is 0 Å². The number of guanidine groups is 1. The van der Waals surface area contributed by atoms with Gasteiger partial charge in [0, 0.05) is 31.4 Å². The summed E-state index contributed by atoms with van der Waals surface area (Å²) in [4.78, 5) is 23.2. The van der Waals surface area contributed by atoms with Crippen LogP contribution in [-0.4, -0.2) is 55.5 Å². The van der Waals surface area contributed by atoms with Gasteiger partial charge in [-0.05, 0) is 50.8 Å². The molecule has 2 rings (SSSR count). The summed E-state index contributed by atoms with van der Waals surface area (Å²) < 4.78 is 0. The summed E-state index contributed by atoms with van der Waals surface area (Å²) >= 11 is 0. The third kappa shape index (κ3) is 9.71. The number of carbonyl (C=O) groups excluding carboxylic acids is 1. The summed E-state index contributed by atoms with van der Waals surface area (Å²) in [7, 11) is 3.96. The molecule has 1 aromatic carbocycles. The molecule has 1 heterocycles. The number of likely N-dealkylation sites (N-methyl/N-ethyl adjacent to an activating group) is 1. The molecule has 0 saturated carbocycles. The Labute approximate surface area is 190 Å². The average Bonchev–Trinajstić information content (AvgIpc) is 2.70. The predicted octanol–water partition coefficient (Wildman–Crippen LogP) is 2.25. The van der Waals surface area contributed by atoms with Crippen LogP contribution < -0.4 is 16.0 Å². The number of rotatable bonds is 9. The molecule has 3 N–H and O–H groups in total. The van der Waals surface area contributed by atoms with E-state index in [0.717, 1.165) is 24.3 Å². The van der Waals surface area contributed by atoms with Crippen LogP contribution in [0.1, 0.15) is 28.5 Å². The minimum atomic E-state index is -0.0622. The Morgan fingerprint density at radius 3 is 2.62 bits per heavy atom. The second kappa shape index (κ2) is 13.9. The molecule has 0 fully saturated rings. The van der Waals surface area contributed by atoms with E-state index in [9.17, 15) is 4.79 Å². The lowest BCUT2D eigenvalue weighted by Crippen LogP contribution is -2.37. The van der Waals surface area contributed by atoms with Gasteiger partial charge in [0.1, 0.15) is 0 Å². The van der Waals surface area contributed by atoms with Crippen LogP contribution >= 0.6 is 24.0 Å². The van der Waals surface area contributed by atoms with Crippen molar-refractivity contribution < 1.29 is 4.79 Å². The van der Waals surface area contributed by atoms with Crippen molar-refractivity contribution in [1.29, 1.82) is 0 Å². The Morgan fingerprint density at radius 2 is 1.93 bits per heavy atom. The molecule has 158 valence electrons. The van der Waals surface area contributed by atoms with Gasteiger partial charge in [-0.15, -0.1) is 24.0 Å². The highest BCUT2D eigenvalue weighted by Gasteiger charge is 2.06. The highest BCUT2D eigenvalue weighted by Crippen LogP contribution is 2.07. The minimum absolute atomic E-state index is 0.